The third-order valence-corrected chi connectivity index (χ3v) is 4.30. The molecule has 0 spiro atoms. The molecule has 1 aliphatic heterocycles. The zero-order valence-electron chi connectivity index (χ0n) is 13.0. The quantitative estimate of drug-likeness (QED) is 0.900. The fraction of sp³-hybridized carbons (Fsp3) is 0.412. The van der Waals surface area contributed by atoms with Crippen LogP contribution in [0, 0.1) is 6.92 Å². The number of aromatic amines is 1. The van der Waals surface area contributed by atoms with Crippen LogP contribution in [0.3, 0.4) is 0 Å². The van der Waals surface area contributed by atoms with E-state index in [-0.39, 0.29) is 31.4 Å². The molecule has 0 saturated carbocycles. The van der Waals surface area contributed by atoms with Crippen molar-refractivity contribution < 1.29 is 19.4 Å². The van der Waals surface area contributed by atoms with Crippen LogP contribution in [-0.2, 0) is 20.7 Å². The highest BCUT2D eigenvalue weighted by atomic mass is 16.5. The van der Waals surface area contributed by atoms with Gasteiger partial charge < -0.3 is 19.7 Å². The number of hydrogen-bond donors (Lipinski definition) is 2. The number of carboxylic acids is 1. The monoisotopic (exact) mass is 316 g/mol. The molecule has 0 bridgehead atoms. The number of rotatable bonds is 4. The van der Waals surface area contributed by atoms with Crippen molar-refractivity contribution in [1.82, 2.24) is 9.88 Å². The summed E-state index contributed by atoms with van der Waals surface area (Å²) in [7, 11) is 0. The number of carbonyl (C=O) groups excluding carboxylic acids is 1. The van der Waals surface area contributed by atoms with Gasteiger partial charge in [-0.05, 0) is 24.1 Å². The lowest BCUT2D eigenvalue weighted by Crippen LogP contribution is -2.50. The summed E-state index contributed by atoms with van der Waals surface area (Å²) in [5.74, 6) is -0.968. The number of aryl methyl sites for hydroxylation is 1. The van der Waals surface area contributed by atoms with Crippen molar-refractivity contribution in [2.75, 3.05) is 19.8 Å². The Hall–Kier alpha value is -2.34. The number of benzene rings is 1. The van der Waals surface area contributed by atoms with E-state index in [0.717, 1.165) is 22.0 Å². The van der Waals surface area contributed by atoms with E-state index in [4.69, 9.17) is 9.84 Å². The summed E-state index contributed by atoms with van der Waals surface area (Å²) in [6.07, 6.45) is 2.04. The fourth-order valence-corrected chi connectivity index (χ4v) is 3.21. The summed E-state index contributed by atoms with van der Waals surface area (Å²) >= 11 is 0. The Kier molecular flexibility index (Phi) is 4.34. The normalized spacial score (nSPS) is 18.3. The third kappa shape index (κ3) is 3.22. The molecule has 0 radical (unpaired) electrons. The number of carboxylic acid groups (broad SMARTS) is 1. The maximum atomic E-state index is 12.7. The molecule has 1 fully saturated rings. The minimum Gasteiger partial charge on any atom is -0.481 e. The van der Waals surface area contributed by atoms with E-state index in [0.29, 0.717) is 13.2 Å². The molecular weight excluding hydrogens is 296 g/mol. The number of nitrogens with zero attached hydrogens (tertiary/aromatic N) is 1. The molecule has 1 unspecified atom stereocenters. The van der Waals surface area contributed by atoms with E-state index >= 15 is 0 Å². The van der Waals surface area contributed by atoms with Gasteiger partial charge in [0.2, 0.25) is 5.91 Å². The summed E-state index contributed by atoms with van der Waals surface area (Å²) in [4.78, 5) is 28.5. The fourth-order valence-electron chi connectivity index (χ4n) is 3.21. The summed E-state index contributed by atoms with van der Waals surface area (Å²) < 4.78 is 5.32. The average Bonchev–Trinajstić information content (AvgIpc) is 2.91. The van der Waals surface area contributed by atoms with E-state index < -0.39 is 5.97 Å². The summed E-state index contributed by atoms with van der Waals surface area (Å²) in [6.45, 7) is 3.20. The first kappa shape index (κ1) is 15.6. The molecule has 1 amide bonds. The van der Waals surface area contributed by atoms with Crippen LogP contribution in [0.1, 0.15) is 17.5 Å². The first-order valence-electron chi connectivity index (χ1n) is 7.71. The highest BCUT2D eigenvalue weighted by Crippen LogP contribution is 2.23. The van der Waals surface area contributed by atoms with Crippen molar-refractivity contribution in [2.45, 2.75) is 25.8 Å². The predicted molar refractivity (Wildman–Crippen MR) is 85.3 cm³/mol. The van der Waals surface area contributed by atoms with E-state index in [1.54, 1.807) is 4.90 Å². The van der Waals surface area contributed by atoms with Gasteiger partial charge in [0.25, 0.3) is 0 Å². The highest BCUT2D eigenvalue weighted by Gasteiger charge is 2.29. The van der Waals surface area contributed by atoms with Gasteiger partial charge in [0.15, 0.2) is 0 Å². The zero-order chi connectivity index (χ0) is 16.4. The van der Waals surface area contributed by atoms with Gasteiger partial charge in [-0.15, -0.1) is 0 Å². The van der Waals surface area contributed by atoms with Crippen molar-refractivity contribution in [2.24, 2.45) is 0 Å². The second kappa shape index (κ2) is 6.42. The molecule has 1 atom stereocenters. The summed E-state index contributed by atoms with van der Waals surface area (Å²) in [6, 6.07) is 5.59. The molecular formula is C17H20N2O4. The highest BCUT2D eigenvalue weighted by molar-refractivity contribution is 5.91. The lowest BCUT2D eigenvalue weighted by molar-refractivity contribution is -0.145. The first-order chi connectivity index (χ1) is 11.1. The number of hydrogen-bond acceptors (Lipinski definition) is 3. The minimum absolute atomic E-state index is 0.0521. The van der Waals surface area contributed by atoms with Crippen molar-refractivity contribution in [1.29, 1.82) is 0 Å². The molecule has 1 aromatic heterocycles. The molecule has 3 rings (SSSR count). The largest absolute Gasteiger partial charge is 0.481 e. The number of ether oxygens (including phenoxy) is 1. The van der Waals surface area contributed by atoms with Crippen molar-refractivity contribution in [3.63, 3.8) is 0 Å². The Balaban J connectivity index is 1.80. The van der Waals surface area contributed by atoms with Gasteiger partial charge in [-0.3, -0.25) is 9.59 Å². The second-order valence-corrected chi connectivity index (χ2v) is 5.90. The third-order valence-electron chi connectivity index (χ3n) is 4.30. The van der Waals surface area contributed by atoms with Gasteiger partial charge in [-0.2, -0.15) is 0 Å². The van der Waals surface area contributed by atoms with Crippen LogP contribution in [0.15, 0.2) is 24.4 Å². The van der Waals surface area contributed by atoms with Crippen LogP contribution in [-0.4, -0.2) is 52.7 Å². The zero-order valence-corrected chi connectivity index (χ0v) is 13.0. The van der Waals surface area contributed by atoms with Gasteiger partial charge in [-0.25, -0.2) is 0 Å². The summed E-state index contributed by atoms with van der Waals surface area (Å²) in [5, 5.41) is 10.1. The van der Waals surface area contributed by atoms with Crippen LogP contribution in [0.25, 0.3) is 10.9 Å². The Morgan fingerprint density at radius 1 is 1.43 bits per heavy atom. The average molecular weight is 316 g/mol. The minimum atomic E-state index is -0.916. The molecule has 1 saturated heterocycles. The number of morpholine rings is 1. The smallest absolute Gasteiger partial charge is 0.305 e. The molecule has 1 aliphatic rings. The predicted octanol–water partition coefficient (Wildman–Crippen LogP) is 1.72. The number of aromatic nitrogens is 1. The van der Waals surface area contributed by atoms with Crippen LogP contribution in [0.2, 0.25) is 0 Å². The maximum Gasteiger partial charge on any atom is 0.305 e. The van der Waals surface area contributed by atoms with Gasteiger partial charge in [0, 0.05) is 23.6 Å². The van der Waals surface area contributed by atoms with Gasteiger partial charge in [-0.1, -0.05) is 12.1 Å². The first-order valence-corrected chi connectivity index (χ1v) is 7.71. The molecule has 122 valence electrons. The lowest BCUT2D eigenvalue weighted by atomic mass is 10.0. The Bertz CT molecular complexity index is 737. The van der Waals surface area contributed by atoms with Crippen molar-refractivity contribution in [3.8, 4) is 0 Å². The molecule has 1 aromatic carbocycles. The second-order valence-electron chi connectivity index (χ2n) is 5.90. The molecule has 6 nitrogen and oxygen atoms in total. The van der Waals surface area contributed by atoms with Crippen LogP contribution >= 0.6 is 0 Å². The van der Waals surface area contributed by atoms with Gasteiger partial charge in [0.05, 0.1) is 32.1 Å². The van der Waals surface area contributed by atoms with Crippen LogP contribution in [0.5, 0.6) is 0 Å². The number of aliphatic carboxylic acids is 1. The summed E-state index contributed by atoms with van der Waals surface area (Å²) in [5.41, 5.74) is 3.08. The van der Waals surface area contributed by atoms with Crippen molar-refractivity contribution >= 4 is 22.8 Å². The molecule has 2 N–H and O–H groups in total. The SMILES string of the molecule is Cc1cccc2[nH]cc(CC(=O)N3CCOCC3CC(=O)O)c12. The lowest BCUT2D eigenvalue weighted by Gasteiger charge is -2.34. The molecule has 23 heavy (non-hydrogen) atoms. The van der Waals surface area contributed by atoms with E-state index in [9.17, 15) is 9.59 Å². The number of nitrogens with one attached hydrogen (secondary N) is 1. The van der Waals surface area contributed by atoms with Gasteiger partial charge in [0.1, 0.15) is 0 Å². The molecule has 6 heteroatoms. The topological polar surface area (TPSA) is 82.6 Å². The van der Waals surface area contributed by atoms with Gasteiger partial charge >= 0.3 is 5.97 Å². The molecule has 2 aromatic rings. The number of amides is 1. The Labute approximate surface area is 134 Å². The molecule has 2 heterocycles. The Morgan fingerprint density at radius 3 is 3.04 bits per heavy atom. The number of H-pyrrole nitrogens is 1. The van der Waals surface area contributed by atoms with E-state index in [2.05, 4.69) is 4.98 Å². The van der Waals surface area contributed by atoms with Crippen LogP contribution in [0.4, 0.5) is 0 Å². The molecule has 0 aliphatic carbocycles. The van der Waals surface area contributed by atoms with E-state index in [1.165, 1.54) is 0 Å². The maximum absolute atomic E-state index is 12.7. The number of fused-ring (bicyclic) bond motifs is 1. The van der Waals surface area contributed by atoms with Crippen molar-refractivity contribution in [3.05, 3.63) is 35.5 Å². The number of carbonyl (C=O) groups is 2. The standard InChI is InChI=1S/C17H20N2O4/c1-11-3-2-4-14-17(11)12(9-18-14)7-15(20)19-5-6-23-10-13(19)8-16(21)22/h2-4,9,13,18H,5-8,10H2,1H3,(H,21,22). The van der Waals surface area contributed by atoms with Crippen LogP contribution < -0.4 is 0 Å². The van der Waals surface area contributed by atoms with E-state index in [1.807, 2.05) is 31.3 Å². The Morgan fingerprint density at radius 2 is 2.26 bits per heavy atom.